The largest absolute Gasteiger partial charge is 0.380 e. The normalized spacial score (nSPS) is 10.9. The summed E-state index contributed by atoms with van der Waals surface area (Å²) in [6.07, 6.45) is 0. The van der Waals surface area contributed by atoms with Gasteiger partial charge in [-0.3, -0.25) is 0 Å². The quantitative estimate of drug-likeness (QED) is 0.781. The zero-order valence-corrected chi connectivity index (χ0v) is 10.9. The number of hydrogen-bond acceptors (Lipinski definition) is 5. The van der Waals surface area contributed by atoms with Crippen LogP contribution in [0.4, 0.5) is 5.69 Å². The summed E-state index contributed by atoms with van der Waals surface area (Å²) in [7, 11) is 0. The van der Waals surface area contributed by atoms with Crippen LogP contribution in [0, 0.1) is 6.92 Å². The maximum atomic E-state index is 4.27. The minimum Gasteiger partial charge on any atom is -0.380 e. The number of fused-ring (bicyclic) bond motifs is 1. The number of thiazole rings is 2. The fourth-order valence-electron chi connectivity index (χ4n) is 1.64. The van der Waals surface area contributed by atoms with E-state index in [1.807, 2.05) is 24.0 Å². The predicted molar refractivity (Wildman–Crippen MR) is 73.8 cm³/mol. The van der Waals surface area contributed by atoms with Crippen molar-refractivity contribution < 1.29 is 0 Å². The monoisotopic (exact) mass is 261 g/mol. The molecule has 3 aromatic rings. The summed E-state index contributed by atoms with van der Waals surface area (Å²) in [5, 5.41) is 3.42. The first kappa shape index (κ1) is 10.7. The Labute approximate surface area is 107 Å². The van der Waals surface area contributed by atoms with Crippen molar-refractivity contribution in [3.05, 3.63) is 39.8 Å². The van der Waals surface area contributed by atoms with Gasteiger partial charge in [0.2, 0.25) is 0 Å². The Balaban J connectivity index is 1.78. The average molecular weight is 261 g/mol. The van der Waals surface area contributed by atoms with Crippen LogP contribution in [0.1, 0.15) is 10.6 Å². The Bertz CT molecular complexity index is 642. The minimum absolute atomic E-state index is 0.834. The molecule has 17 heavy (non-hydrogen) atoms. The maximum Gasteiger partial charge on any atom is 0.0813 e. The van der Waals surface area contributed by atoms with Crippen molar-refractivity contribution in [3.63, 3.8) is 0 Å². The Morgan fingerprint density at radius 2 is 2.06 bits per heavy atom. The van der Waals surface area contributed by atoms with Crippen molar-refractivity contribution in [1.82, 2.24) is 9.97 Å². The van der Waals surface area contributed by atoms with Gasteiger partial charge in [0.15, 0.2) is 0 Å². The summed E-state index contributed by atoms with van der Waals surface area (Å²) < 4.78 is 1.22. The molecular formula is C12H11N3S2. The molecule has 0 unspecified atom stereocenters. The summed E-state index contributed by atoms with van der Waals surface area (Å²) >= 11 is 3.36. The van der Waals surface area contributed by atoms with Gasteiger partial charge in [0, 0.05) is 10.6 Å². The first-order valence-electron chi connectivity index (χ1n) is 5.29. The third-order valence-corrected chi connectivity index (χ3v) is 4.36. The van der Waals surface area contributed by atoms with E-state index in [0.717, 1.165) is 23.4 Å². The average Bonchev–Trinajstić information content (AvgIpc) is 2.94. The lowest BCUT2D eigenvalue weighted by atomic mass is 10.3. The van der Waals surface area contributed by atoms with Crippen LogP contribution in [0.15, 0.2) is 29.2 Å². The van der Waals surface area contributed by atoms with Crippen molar-refractivity contribution in [3.8, 4) is 0 Å². The zero-order chi connectivity index (χ0) is 11.7. The van der Waals surface area contributed by atoms with E-state index in [1.165, 1.54) is 9.58 Å². The number of anilines is 1. The molecule has 0 aliphatic heterocycles. The Morgan fingerprint density at radius 3 is 2.88 bits per heavy atom. The van der Waals surface area contributed by atoms with Crippen LogP contribution in [0.3, 0.4) is 0 Å². The van der Waals surface area contributed by atoms with Crippen molar-refractivity contribution >= 4 is 38.6 Å². The van der Waals surface area contributed by atoms with Gasteiger partial charge in [-0.2, -0.15) is 0 Å². The second-order valence-electron chi connectivity index (χ2n) is 3.75. The number of aromatic nitrogens is 2. The van der Waals surface area contributed by atoms with Crippen LogP contribution >= 0.6 is 22.7 Å². The Morgan fingerprint density at radius 1 is 1.18 bits per heavy atom. The fraction of sp³-hybridized carbons (Fsp3) is 0.167. The van der Waals surface area contributed by atoms with Gasteiger partial charge < -0.3 is 5.32 Å². The molecule has 0 aliphatic carbocycles. The van der Waals surface area contributed by atoms with Gasteiger partial charge in [-0.25, -0.2) is 9.97 Å². The lowest BCUT2D eigenvalue weighted by Crippen LogP contribution is -1.98. The highest BCUT2D eigenvalue weighted by Gasteiger charge is 2.02. The molecule has 2 aromatic heterocycles. The zero-order valence-electron chi connectivity index (χ0n) is 9.30. The van der Waals surface area contributed by atoms with Crippen molar-refractivity contribution in [1.29, 1.82) is 0 Å². The molecule has 0 bridgehead atoms. The molecular weight excluding hydrogens is 250 g/mol. The number of aryl methyl sites for hydroxylation is 1. The number of nitrogens with one attached hydrogen (secondary N) is 1. The molecule has 1 N–H and O–H groups in total. The molecule has 2 heterocycles. The van der Waals surface area contributed by atoms with E-state index >= 15 is 0 Å². The smallest absolute Gasteiger partial charge is 0.0813 e. The molecule has 0 spiro atoms. The second kappa shape index (κ2) is 4.43. The summed E-state index contributed by atoms with van der Waals surface area (Å²) in [6, 6.07) is 6.26. The standard InChI is InChI=1S/C12H11N3S2/c1-8-12(17-6-14-8)5-13-9-2-3-10-11(4-9)16-7-15-10/h2-4,6-7,13H,5H2,1H3. The molecule has 0 saturated carbocycles. The molecule has 1 aromatic carbocycles. The number of rotatable bonds is 3. The van der Waals surface area contributed by atoms with E-state index < -0.39 is 0 Å². The van der Waals surface area contributed by atoms with E-state index in [-0.39, 0.29) is 0 Å². The van der Waals surface area contributed by atoms with E-state index in [0.29, 0.717) is 0 Å². The second-order valence-corrected chi connectivity index (χ2v) is 5.58. The van der Waals surface area contributed by atoms with E-state index in [1.54, 1.807) is 22.7 Å². The summed E-state index contributed by atoms with van der Waals surface area (Å²) in [5.74, 6) is 0. The SMILES string of the molecule is Cc1ncsc1CNc1ccc2ncsc2c1. The highest BCUT2D eigenvalue weighted by Crippen LogP contribution is 2.22. The Hall–Kier alpha value is -1.46. The van der Waals surface area contributed by atoms with Crippen LogP contribution < -0.4 is 5.32 Å². The molecule has 0 amide bonds. The first-order valence-corrected chi connectivity index (χ1v) is 7.05. The van der Waals surface area contributed by atoms with Gasteiger partial charge in [0.1, 0.15) is 0 Å². The van der Waals surface area contributed by atoms with Gasteiger partial charge in [0.05, 0.1) is 33.5 Å². The van der Waals surface area contributed by atoms with Crippen molar-refractivity contribution in [2.24, 2.45) is 0 Å². The van der Waals surface area contributed by atoms with Crippen LogP contribution in [-0.2, 0) is 6.54 Å². The summed E-state index contributed by atoms with van der Waals surface area (Å²) in [6.45, 7) is 2.88. The van der Waals surface area contributed by atoms with E-state index in [4.69, 9.17) is 0 Å². The topological polar surface area (TPSA) is 37.8 Å². The molecule has 3 nitrogen and oxygen atoms in total. The summed E-state index contributed by atoms with van der Waals surface area (Å²) in [4.78, 5) is 9.79. The number of nitrogens with zero attached hydrogens (tertiary/aromatic N) is 2. The third-order valence-electron chi connectivity index (χ3n) is 2.63. The highest BCUT2D eigenvalue weighted by atomic mass is 32.1. The van der Waals surface area contributed by atoms with Crippen molar-refractivity contribution in [2.75, 3.05) is 5.32 Å². The van der Waals surface area contributed by atoms with Crippen molar-refractivity contribution in [2.45, 2.75) is 13.5 Å². The minimum atomic E-state index is 0.834. The molecule has 5 heteroatoms. The van der Waals surface area contributed by atoms with Crippen LogP contribution in [0.2, 0.25) is 0 Å². The van der Waals surface area contributed by atoms with E-state index in [2.05, 4.69) is 27.4 Å². The van der Waals surface area contributed by atoms with Gasteiger partial charge in [-0.15, -0.1) is 22.7 Å². The van der Waals surface area contributed by atoms with Gasteiger partial charge in [0.25, 0.3) is 0 Å². The molecule has 0 saturated heterocycles. The fourth-order valence-corrected chi connectivity index (χ4v) is 3.08. The van der Waals surface area contributed by atoms with Crippen LogP contribution in [0.25, 0.3) is 10.2 Å². The maximum absolute atomic E-state index is 4.27. The number of hydrogen-bond donors (Lipinski definition) is 1. The molecule has 0 aliphatic rings. The van der Waals surface area contributed by atoms with Gasteiger partial charge in [-0.05, 0) is 25.1 Å². The van der Waals surface area contributed by atoms with Crippen LogP contribution in [0.5, 0.6) is 0 Å². The van der Waals surface area contributed by atoms with Gasteiger partial charge in [-0.1, -0.05) is 0 Å². The first-order chi connectivity index (χ1) is 8.33. The van der Waals surface area contributed by atoms with Gasteiger partial charge >= 0.3 is 0 Å². The highest BCUT2D eigenvalue weighted by molar-refractivity contribution is 7.16. The van der Waals surface area contributed by atoms with E-state index in [9.17, 15) is 0 Å². The lowest BCUT2D eigenvalue weighted by Gasteiger charge is -2.05. The number of benzene rings is 1. The predicted octanol–water partition coefficient (Wildman–Crippen LogP) is 3.67. The molecule has 0 atom stereocenters. The lowest BCUT2D eigenvalue weighted by molar-refractivity contribution is 1.12. The summed E-state index contributed by atoms with van der Waals surface area (Å²) in [5.41, 5.74) is 7.07. The Kier molecular flexibility index (Phi) is 2.78. The van der Waals surface area contributed by atoms with Crippen LogP contribution in [-0.4, -0.2) is 9.97 Å². The molecule has 0 fully saturated rings. The molecule has 0 radical (unpaired) electrons. The third kappa shape index (κ3) is 2.16. The molecule has 86 valence electrons. The molecule has 3 rings (SSSR count).